The smallest absolute Gasteiger partial charge is 0.315 e. The van der Waals surface area contributed by atoms with Gasteiger partial charge in [0.15, 0.2) is 5.12 Å². The van der Waals surface area contributed by atoms with Crippen molar-refractivity contribution in [3.63, 3.8) is 0 Å². The molecule has 0 fully saturated rings. The van der Waals surface area contributed by atoms with Gasteiger partial charge >= 0.3 is 5.97 Å². The van der Waals surface area contributed by atoms with E-state index in [1.165, 1.54) is 14.0 Å². The Kier molecular flexibility index (Phi) is 11.1. The van der Waals surface area contributed by atoms with Crippen molar-refractivity contribution in [2.24, 2.45) is 0 Å². The van der Waals surface area contributed by atoms with Gasteiger partial charge in [0.25, 0.3) is 0 Å². The maximum absolute atomic E-state index is 9.88. The second-order valence-corrected chi connectivity index (χ2v) is 2.20. The van der Waals surface area contributed by atoms with Crippen molar-refractivity contribution in [3.05, 3.63) is 0 Å². The van der Waals surface area contributed by atoms with Crippen LogP contribution >= 0.6 is 25.3 Å². The summed E-state index contributed by atoms with van der Waals surface area (Å²) in [6.45, 7) is 1.39. The largest absolute Gasteiger partial charge is 0.468 e. The Balaban J connectivity index is 0. The number of hydrogen-bond acceptors (Lipinski definition) is 4. The zero-order valence-electron chi connectivity index (χ0n) is 5.83. The number of carbonyl (C=O) groups excluding carboxylic acids is 2. The number of methoxy groups -OCH3 is 1. The number of esters is 1. The van der Waals surface area contributed by atoms with Crippen molar-refractivity contribution >= 4 is 36.3 Å². The lowest BCUT2D eigenvalue weighted by Crippen LogP contribution is -1.99. The van der Waals surface area contributed by atoms with E-state index in [-0.39, 0.29) is 16.8 Å². The van der Waals surface area contributed by atoms with E-state index in [9.17, 15) is 9.59 Å². The quantitative estimate of drug-likeness (QED) is 0.460. The summed E-state index contributed by atoms with van der Waals surface area (Å²) in [4.78, 5) is 19.2. The molecule has 0 atom stereocenters. The standard InChI is InChI=1S/C3H6O2S.C2H4OS/c1-5-3(4)2-6;1-2(3)4/h6H,2H2,1H3;1H3,(H,3,4). The van der Waals surface area contributed by atoms with Crippen molar-refractivity contribution in [3.8, 4) is 0 Å². The molecule has 0 radical (unpaired) electrons. The minimum absolute atomic E-state index is 0.139. The Morgan fingerprint density at radius 1 is 1.50 bits per heavy atom. The van der Waals surface area contributed by atoms with E-state index in [1.807, 2.05) is 0 Å². The molecule has 60 valence electrons. The third-order valence-electron chi connectivity index (χ3n) is 0.357. The zero-order valence-corrected chi connectivity index (χ0v) is 7.62. The van der Waals surface area contributed by atoms with Gasteiger partial charge in [0.2, 0.25) is 0 Å². The molecule has 0 heterocycles. The van der Waals surface area contributed by atoms with Gasteiger partial charge in [-0.15, -0.1) is 12.6 Å². The van der Waals surface area contributed by atoms with Crippen LogP contribution in [0.3, 0.4) is 0 Å². The first kappa shape index (κ1) is 12.5. The third-order valence-corrected chi connectivity index (χ3v) is 0.615. The summed E-state index contributed by atoms with van der Waals surface area (Å²) in [6.07, 6.45) is 0. The van der Waals surface area contributed by atoms with Crippen LogP contribution in [0.4, 0.5) is 0 Å². The molecule has 0 amide bonds. The van der Waals surface area contributed by atoms with E-state index in [0.29, 0.717) is 0 Å². The van der Waals surface area contributed by atoms with Crippen LogP contribution in [-0.2, 0) is 14.3 Å². The summed E-state index contributed by atoms with van der Waals surface area (Å²) in [6, 6.07) is 0. The molecule has 5 heteroatoms. The van der Waals surface area contributed by atoms with Gasteiger partial charge in [0.05, 0.1) is 12.9 Å². The van der Waals surface area contributed by atoms with Crippen LogP contribution in [0.5, 0.6) is 0 Å². The first-order valence-electron chi connectivity index (χ1n) is 2.41. The Bertz CT molecular complexity index is 103. The molecule has 3 nitrogen and oxygen atoms in total. The number of carbonyl (C=O) groups is 2. The second kappa shape index (κ2) is 8.84. The number of ether oxygens (including phenoxy) is 1. The highest BCUT2D eigenvalue weighted by molar-refractivity contribution is 7.96. The lowest BCUT2D eigenvalue weighted by molar-refractivity contribution is -0.137. The van der Waals surface area contributed by atoms with Crippen LogP contribution in [0.15, 0.2) is 0 Å². The first-order chi connectivity index (χ1) is 4.54. The molecule has 10 heavy (non-hydrogen) atoms. The van der Waals surface area contributed by atoms with Crippen LogP contribution in [0.25, 0.3) is 0 Å². The lowest BCUT2D eigenvalue weighted by Gasteiger charge is -1.86. The molecule has 0 aromatic heterocycles. The molecule has 0 aromatic carbocycles. The maximum Gasteiger partial charge on any atom is 0.315 e. The second-order valence-electron chi connectivity index (χ2n) is 1.25. The molecule has 0 aromatic rings. The van der Waals surface area contributed by atoms with Gasteiger partial charge in [0.1, 0.15) is 0 Å². The van der Waals surface area contributed by atoms with E-state index in [0.717, 1.165) is 0 Å². The van der Waals surface area contributed by atoms with Gasteiger partial charge in [-0.25, -0.2) is 0 Å². The summed E-state index contributed by atoms with van der Waals surface area (Å²) < 4.78 is 4.18. The van der Waals surface area contributed by atoms with Crippen LogP contribution in [-0.4, -0.2) is 23.9 Å². The van der Waals surface area contributed by atoms with Crippen molar-refractivity contribution in [2.75, 3.05) is 12.9 Å². The van der Waals surface area contributed by atoms with Crippen LogP contribution in [0.2, 0.25) is 0 Å². The van der Waals surface area contributed by atoms with E-state index in [1.54, 1.807) is 0 Å². The highest BCUT2D eigenvalue weighted by Crippen LogP contribution is 1.74. The Morgan fingerprint density at radius 2 is 1.80 bits per heavy atom. The molecule has 0 bridgehead atoms. The van der Waals surface area contributed by atoms with E-state index in [2.05, 4.69) is 30.0 Å². The van der Waals surface area contributed by atoms with Crippen LogP contribution < -0.4 is 0 Å². The third kappa shape index (κ3) is 24.9. The molecule has 0 spiro atoms. The monoisotopic (exact) mass is 182 g/mol. The van der Waals surface area contributed by atoms with Crippen molar-refractivity contribution in [2.45, 2.75) is 6.92 Å². The molecule has 0 unspecified atom stereocenters. The molecule has 0 aliphatic heterocycles. The van der Waals surface area contributed by atoms with Crippen molar-refractivity contribution < 1.29 is 14.3 Å². The fourth-order valence-corrected chi connectivity index (χ4v) is 0.194. The maximum atomic E-state index is 9.88. The van der Waals surface area contributed by atoms with Gasteiger partial charge in [-0.05, 0) is 0 Å². The number of thiol groups is 2. The Hall–Kier alpha value is -0.160. The molecular weight excluding hydrogens is 172 g/mol. The SMILES string of the molecule is CC(=O)S.COC(=O)CS. The highest BCUT2D eigenvalue weighted by Gasteiger charge is 1.88. The molecule has 0 aliphatic carbocycles. The van der Waals surface area contributed by atoms with Gasteiger partial charge < -0.3 is 4.74 Å². The predicted octanol–water partition coefficient (Wildman–Crippen LogP) is 0.552. The summed E-state index contributed by atoms with van der Waals surface area (Å²) >= 11 is 6.95. The Morgan fingerprint density at radius 3 is 1.80 bits per heavy atom. The molecule has 0 saturated heterocycles. The highest BCUT2D eigenvalue weighted by atomic mass is 32.1. The van der Waals surface area contributed by atoms with Gasteiger partial charge in [-0.3, -0.25) is 9.59 Å². The van der Waals surface area contributed by atoms with Gasteiger partial charge in [-0.2, -0.15) is 12.6 Å². The summed E-state index contributed by atoms with van der Waals surface area (Å²) in [5.74, 6) is -0.130. The van der Waals surface area contributed by atoms with Crippen LogP contribution in [0, 0.1) is 0 Å². The number of hydrogen-bond donors (Lipinski definition) is 2. The van der Waals surface area contributed by atoms with E-state index >= 15 is 0 Å². The minimum atomic E-state index is -0.293. The normalized spacial score (nSPS) is 7.20. The topological polar surface area (TPSA) is 43.4 Å². The van der Waals surface area contributed by atoms with Crippen LogP contribution in [0.1, 0.15) is 6.92 Å². The fraction of sp³-hybridized carbons (Fsp3) is 0.600. The van der Waals surface area contributed by atoms with E-state index < -0.39 is 0 Å². The van der Waals surface area contributed by atoms with Gasteiger partial charge in [0, 0.05) is 6.92 Å². The molecular formula is C5H10O3S2. The fourth-order valence-electron chi connectivity index (χ4n) is 0.0645. The molecule has 0 rings (SSSR count). The van der Waals surface area contributed by atoms with E-state index in [4.69, 9.17) is 0 Å². The van der Waals surface area contributed by atoms with Crippen molar-refractivity contribution in [1.29, 1.82) is 0 Å². The average Bonchev–Trinajstić information content (AvgIpc) is 1.85. The summed E-state index contributed by atoms with van der Waals surface area (Å²) in [5, 5.41) is -0.139. The molecule has 0 aliphatic rings. The summed E-state index contributed by atoms with van der Waals surface area (Å²) in [7, 11) is 1.33. The zero-order chi connectivity index (χ0) is 8.57. The molecule has 0 saturated carbocycles. The van der Waals surface area contributed by atoms with Gasteiger partial charge in [-0.1, -0.05) is 0 Å². The number of rotatable bonds is 1. The predicted molar refractivity (Wildman–Crippen MR) is 45.5 cm³/mol. The Labute approximate surface area is 71.0 Å². The minimum Gasteiger partial charge on any atom is -0.468 e. The average molecular weight is 182 g/mol. The lowest BCUT2D eigenvalue weighted by atomic mass is 10.8. The molecule has 0 N–H and O–H groups in total. The first-order valence-corrected chi connectivity index (χ1v) is 3.49. The van der Waals surface area contributed by atoms with Crippen molar-refractivity contribution in [1.82, 2.24) is 0 Å². The summed E-state index contributed by atoms with van der Waals surface area (Å²) in [5.41, 5.74) is 0.